The van der Waals surface area contributed by atoms with Crippen molar-refractivity contribution < 1.29 is 13.2 Å². The van der Waals surface area contributed by atoms with Gasteiger partial charge in [0, 0.05) is 44.5 Å². The molecular weight excluding hydrogens is 410 g/mol. The summed E-state index contributed by atoms with van der Waals surface area (Å²) in [5, 5.41) is 2.99. The minimum atomic E-state index is -3.68. The van der Waals surface area contributed by atoms with Crippen molar-refractivity contribution in [2.75, 3.05) is 38.1 Å². The lowest BCUT2D eigenvalue weighted by Crippen LogP contribution is -2.30. The summed E-state index contributed by atoms with van der Waals surface area (Å²) >= 11 is 6.14. The summed E-state index contributed by atoms with van der Waals surface area (Å²) < 4.78 is 27.0. The average Bonchev–Trinajstić information content (AvgIpc) is 3.27. The van der Waals surface area contributed by atoms with E-state index < -0.39 is 10.0 Å². The van der Waals surface area contributed by atoms with E-state index in [1.165, 1.54) is 16.4 Å². The third-order valence-electron chi connectivity index (χ3n) is 5.03. The molecular formula is C21H26ClN3O3S. The number of hydrogen-bond acceptors (Lipinski definition) is 4. The number of hydrogen-bond donors (Lipinski definition) is 1. The predicted octanol–water partition coefficient (Wildman–Crippen LogP) is 3.38. The normalized spacial score (nSPS) is 14.7. The molecule has 1 heterocycles. The molecule has 1 amide bonds. The van der Waals surface area contributed by atoms with Crippen molar-refractivity contribution in [2.45, 2.75) is 24.2 Å². The SMILES string of the molecule is CN(CCCNC(=O)c1ccc(Cl)c(S(=O)(=O)N2CCCC2)c1)c1ccccc1. The van der Waals surface area contributed by atoms with Gasteiger partial charge < -0.3 is 10.2 Å². The lowest BCUT2D eigenvalue weighted by Gasteiger charge is -2.19. The molecule has 2 aromatic carbocycles. The van der Waals surface area contributed by atoms with Gasteiger partial charge in [-0.25, -0.2) is 8.42 Å². The highest BCUT2D eigenvalue weighted by atomic mass is 35.5. The molecule has 3 rings (SSSR count). The number of rotatable bonds is 8. The van der Waals surface area contributed by atoms with E-state index in [-0.39, 0.29) is 15.8 Å². The molecule has 1 saturated heterocycles. The number of carbonyl (C=O) groups is 1. The fourth-order valence-corrected chi connectivity index (χ4v) is 5.36. The maximum absolute atomic E-state index is 12.8. The van der Waals surface area contributed by atoms with E-state index in [2.05, 4.69) is 10.2 Å². The van der Waals surface area contributed by atoms with E-state index in [1.807, 2.05) is 37.4 Å². The van der Waals surface area contributed by atoms with Crippen LogP contribution >= 0.6 is 11.6 Å². The zero-order valence-electron chi connectivity index (χ0n) is 16.5. The van der Waals surface area contributed by atoms with Crippen LogP contribution in [-0.4, -0.2) is 51.9 Å². The first-order chi connectivity index (χ1) is 13.9. The molecule has 0 unspecified atom stereocenters. The Morgan fingerprint density at radius 2 is 1.83 bits per heavy atom. The third-order valence-corrected chi connectivity index (χ3v) is 7.41. The van der Waals surface area contributed by atoms with E-state index in [9.17, 15) is 13.2 Å². The number of para-hydroxylation sites is 1. The zero-order chi connectivity index (χ0) is 20.9. The Morgan fingerprint density at radius 3 is 2.52 bits per heavy atom. The van der Waals surface area contributed by atoms with Crippen LogP contribution < -0.4 is 10.2 Å². The number of amides is 1. The number of anilines is 1. The molecule has 1 aliphatic rings. The molecule has 0 atom stereocenters. The van der Waals surface area contributed by atoms with Crippen LogP contribution in [0.1, 0.15) is 29.6 Å². The molecule has 1 fully saturated rings. The Kier molecular flexibility index (Phi) is 7.16. The van der Waals surface area contributed by atoms with Gasteiger partial charge in [0.25, 0.3) is 5.91 Å². The van der Waals surface area contributed by atoms with Gasteiger partial charge in [0.2, 0.25) is 10.0 Å². The molecule has 0 spiro atoms. The molecule has 0 aliphatic carbocycles. The summed E-state index contributed by atoms with van der Waals surface area (Å²) in [6.45, 7) is 2.26. The van der Waals surface area contributed by atoms with E-state index in [0.29, 0.717) is 25.2 Å². The van der Waals surface area contributed by atoms with Crippen LogP contribution in [0.5, 0.6) is 0 Å². The van der Waals surface area contributed by atoms with Crippen LogP contribution in [-0.2, 0) is 10.0 Å². The first-order valence-electron chi connectivity index (χ1n) is 9.73. The van der Waals surface area contributed by atoms with Crippen molar-refractivity contribution in [1.29, 1.82) is 0 Å². The van der Waals surface area contributed by atoms with Gasteiger partial charge in [-0.3, -0.25) is 4.79 Å². The number of carbonyl (C=O) groups excluding carboxylic acids is 1. The second-order valence-corrected chi connectivity index (χ2v) is 9.44. The van der Waals surface area contributed by atoms with Gasteiger partial charge in [-0.05, 0) is 49.6 Å². The first kappa shape index (κ1) is 21.6. The topological polar surface area (TPSA) is 69.7 Å². The molecule has 1 aliphatic heterocycles. The molecule has 2 aromatic rings. The minimum absolute atomic E-state index is 0.00229. The molecule has 0 saturated carbocycles. The highest BCUT2D eigenvalue weighted by Crippen LogP contribution is 2.28. The smallest absolute Gasteiger partial charge is 0.251 e. The fourth-order valence-electron chi connectivity index (χ4n) is 3.34. The van der Waals surface area contributed by atoms with Crippen molar-refractivity contribution >= 4 is 33.2 Å². The summed E-state index contributed by atoms with van der Waals surface area (Å²) in [5.41, 5.74) is 1.41. The van der Waals surface area contributed by atoms with Crippen LogP contribution in [0, 0.1) is 0 Å². The van der Waals surface area contributed by atoms with Crippen LogP contribution in [0.25, 0.3) is 0 Å². The standard InChI is InChI=1S/C21H26ClN3O3S/c1-24(18-8-3-2-4-9-18)13-7-12-23-21(26)17-10-11-19(22)20(16-17)29(27,28)25-14-5-6-15-25/h2-4,8-11,16H,5-7,12-15H2,1H3,(H,23,26). The van der Waals surface area contributed by atoms with Gasteiger partial charge in [-0.15, -0.1) is 0 Å². The fraction of sp³-hybridized carbons (Fsp3) is 0.381. The molecule has 0 radical (unpaired) electrons. The van der Waals surface area contributed by atoms with Gasteiger partial charge in [0.15, 0.2) is 0 Å². The Balaban J connectivity index is 1.58. The Bertz CT molecular complexity index is 945. The monoisotopic (exact) mass is 435 g/mol. The van der Waals surface area contributed by atoms with Gasteiger partial charge >= 0.3 is 0 Å². The first-order valence-corrected chi connectivity index (χ1v) is 11.6. The minimum Gasteiger partial charge on any atom is -0.375 e. The molecule has 1 N–H and O–H groups in total. The zero-order valence-corrected chi connectivity index (χ0v) is 18.0. The van der Waals surface area contributed by atoms with E-state index in [0.717, 1.165) is 31.5 Å². The van der Waals surface area contributed by atoms with Crippen molar-refractivity contribution in [3.05, 3.63) is 59.1 Å². The summed E-state index contributed by atoms with van der Waals surface area (Å²) in [4.78, 5) is 14.6. The lowest BCUT2D eigenvalue weighted by atomic mass is 10.2. The van der Waals surface area contributed by atoms with Crippen molar-refractivity contribution in [1.82, 2.24) is 9.62 Å². The van der Waals surface area contributed by atoms with Crippen molar-refractivity contribution in [3.8, 4) is 0 Å². The second kappa shape index (κ2) is 9.61. The number of sulfonamides is 1. The molecule has 156 valence electrons. The summed E-state index contributed by atoms with van der Waals surface area (Å²) in [6.07, 6.45) is 2.45. The number of benzene rings is 2. The maximum atomic E-state index is 12.8. The molecule has 6 nitrogen and oxygen atoms in total. The molecule has 0 aromatic heterocycles. The Morgan fingerprint density at radius 1 is 1.14 bits per heavy atom. The summed E-state index contributed by atoms with van der Waals surface area (Å²) in [7, 11) is -1.67. The highest BCUT2D eigenvalue weighted by molar-refractivity contribution is 7.89. The van der Waals surface area contributed by atoms with Gasteiger partial charge in [0.05, 0.1) is 5.02 Å². The summed E-state index contributed by atoms with van der Waals surface area (Å²) in [6, 6.07) is 14.4. The molecule has 8 heteroatoms. The van der Waals surface area contributed by atoms with Gasteiger partial charge in [0.1, 0.15) is 4.90 Å². The van der Waals surface area contributed by atoms with Gasteiger partial charge in [-0.1, -0.05) is 29.8 Å². The van der Waals surface area contributed by atoms with Gasteiger partial charge in [-0.2, -0.15) is 4.31 Å². The highest BCUT2D eigenvalue weighted by Gasteiger charge is 2.29. The largest absolute Gasteiger partial charge is 0.375 e. The number of nitrogens with one attached hydrogen (secondary N) is 1. The Labute approximate surface area is 177 Å². The quantitative estimate of drug-likeness (QED) is 0.645. The van der Waals surface area contributed by atoms with Crippen molar-refractivity contribution in [2.24, 2.45) is 0 Å². The average molecular weight is 436 g/mol. The lowest BCUT2D eigenvalue weighted by molar-refractivity contribution is 0.0953. The number of halogens is 1. The van der Waals surface area contributed by atoms with Crippen LogP contribution in [0.2, 0.25) is 5.02 Å². The number of nitrogens with zero attached hydrogens (tertiary/aromatic N) is 2. The second-order valence-electron chi connectivity index (χ2n) is 7.12. The van der Waals surface area contributed by atoms with E-state index in [4.69, 9.17) is 11.6 Å². The predicted molar refractivity (Wildman–Crippen MR) is 116 cm³/mol. The van der Waals surface area contributed by atoms with Crippen LogP contribution in [0.3, 0.4) is 0 Å². The Hall–Kier alpha value is -2.09. The van der Waals surface area contributed by atoms with Crippen molar-refractivity contribution in [3.63, 3.8) is 0 Å². The van der Waals surface area contributed by atoms with E-state index >= 15 is 0 Å². The third kappa shape index (κ3) is 5.29. The van der Waals surface area contributed by atoms with Crippen LogP contribution in [0.15, 0.2) is 53.4 Å². The molecule has 29 heavy (non-hydrogen) atoms. The molecule has 0 bridgehead atoms. The van der Waals surface area contributed by atoms with Crippen LogP contribution in [0.4, 0.5) is 5.69 Å². The summed E-state index contributed by atoms with van der Waals surface area (Å²) in [5.74, 6) is -0.304. The van der Waals surface area contributed by atoms with E-state index in [1.54, 1.807) is 6.07 Å². The maximum Gasteiger partial charge on any atom is 0.251 e.